The van der Waals surface area contributed by atoms with Crippen molar-refractivity contribution >= 4 is 16.9 Å². The SMILES string of the molecule is CCCNC(=O)NCc1cc2cc(C)ccc2[nH]c1=O. The highest BCUT2D eigenvalue weighted by Crippen LogP contribution is 2.12. The number of fused-ring (bicyclic) bond motifs is 1. The van der Waals surface area contributed by atoms with E-state index in [1.165, 1.54) is 0 Å². The third kappa shape index (κ3) is 3.38. The van der Waals surface area contributed by atoms with Crippen LogP contribution in [0.3, 0.4) is 0 Å². The van der Waals surface area contributed by atoms with Gasteiger partial charge in [-0.25, -0.2) is 4.79 Å². The number of carbonyl (C=O) groups is 1. The number of nitrogens with one attached hydrogen (secondary N) is 3. The fourth-order valence-electron chi connectivity index (χ4n) is 1.98. The molecule has 1 aromatic heterocycles. The summed E-state index contributed by atoms with van der Waals surface area (Å²) in [4.78, 5) is 26.2. The Morgan fingerprint density at radius 3 is 2.80 bits per heavy atom. The summed E-state index contributed by atoms with van der Waals surface area (Å²) in [6, 6.07) is 7.41. The molecule has 2 rings (SSSR count). The molecule has 5 nitrogen and oxygen atoms in total. The summed E-state index contributed by atoms with van der Waals surface area (Å²) in [6.45, 7) is 4.82. The van der Waals surface area contributed by atoms with Crippen LogP contribution >= 0.6 is 0 Å². The third-order valence-electron chi connectivity index (χ3n) is 3.05. The van der Waals surface area contributed by atoms with Crippen molar-refractivity contribution in [1.29, 1.82) is 0 Å². The molecule has 2 aromatic rings. The largest absolute Gasteiger partial charge is 0.338 e. The standard InChI is InChI=1S/C15H19N3O2/c1-3-6-16-15(20)17-9-12-8-11-7-10(2)4-5-13(11)18-14(12)19/h4-5,7-8H,3,6,9H2,1-2H3,(H,18,19)(H2,16,17,20). The molecule has 106 valence electrons. The molecule has 0 fully saturated rings. The van der Waals surface area contributed by atoms with Gasteiger partial charge in [0.1, 0.15) is 0 Å². The number of H-pyrrole nitrogens is 1. The van der Waals surface area contributed by atoms with Gasteiger partial charge in [0, 0.05) is 24.2 Å². The number of aromatic amines is 1. The van der Waals surface area contributed by atoms with Crippen LogP contribution in [0.1, 0.15) is 24.5 Å². The molecular weight excluding hydrogens is 254 g/mol. The van der Waals surface area contributed by atoms with Gasteiger partial charge in [0.15, 0.2) is 0 Å². The van der Waals surface area contributed by atoms with Crippen LogP contribution in [0.15, 0.2) is 29.1 Å². The van der Waals surface area contributed by atoms with E-state index in [4.69, 9.17) is 0 Å². The van der Waals surface area contributed by atoms with Gasteiger partial charge in [0.25, 0.3) is 5.56 Å². The normalized spacial score (nSPS) is 10.5. The molecule has 0 aliphatic rings. The molecule has 0 atom stereocenters. The average molecular weight is 273 g/mol. The number of benzene rings is 1. The van der Waals surface area contributed by atoms with E-state index in [-0.39, 0.29) is 18.1 Å². The highest BCUT2D eigenvalue weighted by atomic mass is 16.2. The summed E-state index contributed by atoms with van der Waals surface area (Å²) >= 11 is 0. The first-order valence-corrected chi connectivity index (χ1v) is 6.74. The van der Waals surface area contributed by atoms with Gasteiger partial charge >= 0.3 is 6.03 Å². The third-order valence-corrected chi connectivity index (χ3v) is 3.05. The zero-order chi connectivity index (χ0) is 14.5. The lowest BCUT2D eigenvalue weighted by Crippen LogP contribution is -2.36. The van der Waals surface area contributed by atoms with Crippen LogP contribution in [-0.4, -0.2) is 17.6 Å². The van der Waals surface area contributed by atoms with E-state index >= 15 is 0 Å². The van der Waals surface area contributed by atoms with Gasteiger partial charge in [0.05, 0.1) is 0 Å². The first kappa shape index (κ1) is 14.1. The lowest BCUT2D eigenvalue weighted by molar-refractivity contribution is 0.240. The van der Waals surface area contributed by atoms with Crippen molar-refractivity contribution in [3.05, 3.63) is 45.7 Å². The Bertz CT molecular complexity index is 676. The Morgan fingerprint density at radius 1 is 1.25 bits per heavy atom. The first-order chi connectivity index (χ1) is 9.60. The number of rotatable bonds is 4. The maximum absolute atomic E-state index is 11.9. The molecule has 0 spiro atoms. The van der Waals surface area contributed by atoms with Crippen molar-refractivity contribution in [2.24, 2.45) is 0 Å². The van der Waals surface area contributed by atoms with E-state index < -0.39 is 0 Å². The Kier molecular flexibility index (Phi) is 4.40. The highest BCUT2D eigenvalue weighted by molar-refractivity contribution is 5.80. The summed E-state index contributed by atoms with van der Waals surface area (Å²) in [5.41, 5.74) is 2.32. The molecule has 0 saturated carbocycles. The molecule has 1 aromatic carbocycles. The molecule has 0 aliphatic heterocycles. The summed E-state index contributed by atoms with van der Waals surface area (Å²) in [5.74, 6) is 0. The Morgan fingerprint density at radius 2 is 2.05 bits per heavy atom. The Balaban J connectivity index is 2.15. The van der Waals surface area contributed by atoms with Crippen LogP contribution in [-0.2, 0) is 6.54 Å². The number of hydrogen-bond donors (Lipinski definition) is 3. The van der Waals surface area contributed by atoms with Crippen LogP contribution in [0.25, 0.3) is 10.9 Å². The second kappa shape index (κ2) is 6.23. The quantitative estimate of drug-likeness (QED) is 0.797. The molecular formula is C15H19N3O2. The molecule has 20 heavy (non-hydrogen) atoms. The molecule has 0 aliphatic carbocycles. The zero-order valence-electron chi connectivity index (χ0n) is 11.7. The summed E-state index contributed by atoms with van der Waals surface area (Å²) in [7, 11) is 0. The molecule has 1 heterocycles. The van der Waals surface area contributed by atoms with Gasteiger partial charge in [0.2, 0.25) is 0 Å². The summed E-state index contributed by atoms with van der Waals surface area (Å²) < 4.78 is 0. The zero-order valence-corrected chi connectivity index (χ0v) is 11.7. The Hall–Kier alpha value is -2.30. The van der Waals surface area contributed by atoms with Gasteiger partial charge in [-0.05, 0) is 36.9 Å². The van der Waals surface area contributed by atoms with Crippen molar-refractivity contribution in [3.63, 3.8) is 0 Å². The average Bonchev–Trinajstić information content (AvgIpc) is 2.43. The van der Waals surface area contributed by atoms with E-state index in [1.54, 1.807) is 0 Å². The number of aryl methyl sites for hydroxylation is 1. The second-order valence-electron chi connectivity index (χ2n) is 4.82. The van der Waals surface area contributed by atoms with E-state index in [0.717, 1.165) is 22.9 Å². The van der Waals surface area contributed by atoms with Gasteiger partial charge in [-0.1, -0.05) is 18.6 Å². The van der Waals surface area contributed by atoms with Crippen molar-refractivity contribution in [3.8, 4) is 0 Å². The number of aromatic nitrogens is 1. The minimum absolute atomic E-state index is 0.169. The first-order valence-electron chi connectivity index (χ1n) is 6.74. The van der Waals surface area contributed by atoms with Gasteiger partial charge < -0.3 is 15.6 Å². The minimum Gasteiger partial charge on any atom is -0.338 e. The van der Waals surface area contributed by atoms with Gasteiger partial charge in [-0.15, -0.1) is 0 Å². The van der Waals surface area contributed by atoms with E-state index in [2.05, 4.69) is 15.6 Å². The van der Waals surface area contributed by atoms with Crippen LogP contribution in [0.2, 0.25) is 0 Å². The van der Waals surface area contributed by atoms with Crippen molar-refractivity contribution < 1.29 is 4.79 Å². The molecule has 0 saturated heterocycles. The fourth-order valence-corrected chi connectivity index (χ4v) is 1.98. The minimum atomic E-state index is -0.254. The Labute approximate surface area is 117 Å². The number of urea groups is 1. The monoisotopic (exact) mass is 273 g/mol. The molecule has 0 unspecified atom stereocenters. The summed E-state index contributed by atoms with van der Waals surface area (Å²) in [6.07, 6.45) is 0.878. The lowest BCUT2D eigenvalue weighted by atomic mass is 10.1. The number of hydrogen-bond acceptors (Lipinski definition) is 2. The molecule has 3 N–H and O–H groups in total. The van der Waals surface area contributed by atoms with E-state index in [0.29, 0.717) is 12.1 Å². The van der Waals surface area contributed by atoms with E-state index in [1.807, 2.05) is 38.1 Å². The van der Waals surface area contributed by atoms with Crippen molar-refractivity contribution in [2.75, 3.05) is 6.54 Å². The maximum atomic E-state index is 11.9. The predicted molar refractivity (Wildman–Crippen MR) is 79.8 cm³/mol. The van der Waals surface area contributed by atoms with Crippen LogP contribution in [0.5, 0.6) is 0 Å². The van der Waals surface area contributed by atoms with Crippen LogP contribution in [0.4, 0.5) is 4.79 Å². The van der Waals surface area contributed by atoms with Crippen molar-refractivity contribution in [1.82, 2.24) is 15.6 Å². The van der Waals surface area contributed by atoms with Crippen LogP contribution < -0.4 is 16.2 Å². The molecule has 0 bridgehead atoms. The predicted octanol–water partition coefficient (Wildman–Crippen LogP) is 2.05. The van der Waals surface area contributed by atoms with Gasteiger partial charge in [-0.2, -0.15) is 0 Å². The number of amides is 2. The summed E-state index contributed by atoms with van der Waals surface area (Å²) in [5, 5.41) is 6.36. The molecule has 2 amide bonds. The molecule has 0 radical (unpaired) electrons. The van der Waals surface area contributed by atoms with E-state index in [9.17, 15) is 9.59 Å². The van der Waals surface area contributed by atoms with Gasteiger partial charge in [-0.3, -0.25) is 4.79 Å². The number of pyridine rings is 1. The lowest BCUT2D eigenvalue weighted by Gasteiger charge is -2.07. The maximum Gasteiger partial charge on any atom is 0.315 e. The number of carbonyl (C=O) groups excluding carboxylic acids is 1. The topological polar surface area (TPSA) is 74.0 Å². The van der Waals surface area contributed by atoms with Crippen LogP contribution in [0, 0.1) is 6.92 Å². The molecule has 5 heteroatoms. The fraction of sp³-hybridized carbons (Fsp3) is 0.333. The highest BCUT2D eigenvalue weighted by Gasteiger charge is 2.05. The second-order valence-corrected chi connectivity index (χ2v) is 4.82. The smallest absolute Gasteiger partial charge is 0.315 e. The van der Waals surface area contributed by atoms with Crippen molar-refractivity contribution in [2.45, 2.75) is 26.8 Å².